The molecule has 13 rings (SSSR count). The van der Waals surface area contributed by atoms with Gasteiger partial charge in [-0.1, -0.05) is 206 Å². The Morgan fingerprint density at radius 2 is 0.794 bits per heavy atom. The number of rotatable bonds is 8. The fourth-order valence-electron chi connectivity index (χ4n) is 9.79. The lowest BCUT2D eigenvalue weighted by atomic mass is 9.92. The summed E-state index contributed by atoms with van der Waals surface area (Å²) in [4.78, 5) is 15.8. The van der Waals surface area contributed by atoms with Crippen molar-refractivity contribution in [3.8, 4) is 89.8 Å². The van der Waals surface area contributed by atoms with E-state index in [1.165, 1.54) is 60.0 Å². The summed E-state index contributed by atoms with van der Waals surface area (Å²) in [7, 11) is 0. The third-order valence-corrected chi connectivity index (χ3v) is 14.2. The molecule has 318 valence electrons. The number of hydrogen-bond acceptors (Lipinski definition) is 5. The highest BCUT2D eigenvalue weighted by molar-refractivity contribution is 7.26. The van der Waals surface area contributed by atoms with Gasteiger partial charge in [-0.25, -0.2) is 15.0 Å². The Morgan fingerprint density at radius 1 is 0.294 bits per heavy atom. The topological polar surface area (TPSA) is 51.8 Å². The number of para-hydroxylation sites is 1. The zero-order valence-electron chi connectivity index (χ0n) is 36.7. The van der Waals surface area contributed by atoms with Crippen molar-refractivity contribution in [3.63, 3.8) is 0 Å². The third-order valence-electron chi connectivity index (χ3n) is 13.0. The molecule has 0 bridgehead atoms. The minimum absolute atomic E-state index is 0.554. The minimum Gasteiger partial charge on any atom is -0.455 e. The van der Waals surface area contributed by atoms with Gasteiger partial charge in [0, 0.05) is 42.1 Å². The lowest BCUT2D eigenvalue weighted by Crippen LogP contribution is -2.00. The van der Waals surface area contributed by atoms with E-state index in [1.54, 1.807) is 11.3 Å². The van der Waals surface area contributed by atoms with E-state index in [2.05, 4.69) is 218 Å². The summed E-state index contributed by atoms with van der Waals surface area (Å²) in [6, 6.07) is 83.4. The second-order valence-electron chi connectivity index (χ2n) is 17.0. The van der Waals surface area contributed by atoms with Gasteiger partial charge >= 0.3 is 0 Å². The fraction of sp³-hybridized carbons (Fsp3) is 0. The van der Waals surface area contributed by atoms with Gasteiger partial charge in [0.05, 0.1) is 5.56 Å². The number of hydrogen-bond donors (Lipinski definition) is 0. The highest BCUT2D eigenvalue weighted by Gasteiger charge is 2.22. The van der Waals surface area contributed by atoms with Crippen LogP contribution in [0.3, 0.4) is 0 Å². The normalized spacial score (nSPS) is 11.5. The zero-order valence-corrected chi connectivity index (χ0v) is 37.5. The highest BCUT2D eigenvalue weighted by atomic mass is 32.1. The van der Waals surface area contributed by atoms with Gasteiger partial charge in [-0.15, -0.1) is 11.3 Å². The maximum absolute atomic E-state index is 6.86. The molecule has 3 aromatic heterocycles. The fourth-order valence-corrected chi connectivity index (χ4v) is 11.0. The average molecular weight is 886 g/mol. The standard InChI is InChI=1S/C63H39N3OS/c1-4-18-40(19-5-1)43-24-14-25-44(38-43)47-27-10-11-28-48(47)45-36-37-50-52-31-15-34-55(60(52)68-57(50)39-45)63-65-61(42-22-8-3-9-23-42)64-62(66-63)54-33-16-32-53-58-51(30-17-35-56(58)67-59(53)54)49-29-13-12-26-46(49)41-20-6-2-7-21-41/h1-39H. The first-order chi connectivity index (χ1) is 33.7. The number of furan rings is 1. The van der Waals surface area contributed by atoms with Crippen molar-refractivity contribution in [2.75, 3.05) is 0 Å². The number of fused-ring (bicyclic) bond motifs is 6. The Bertz CT molecular complexity index is 4030. The molecule has 0 aliphatic heterocycles. The van der Waals surface area contributed by atoms with E-state index in [0.717, 1.165) is 54.5 Å². The first kappa shape index (κ1) is 39.6. The second-order valence-corrected chi connectivity index (χ2v) is 18.1. The quantitative estimate of drug-likeness (QED) is 0.153. The van der Waals surface area contributed by atoms with Gasteiger partial charge in [-0.05, 0) is 86.0 Å². The van der Waals surface area contributed by atoms with E-state index >= 15 is 0 Å². The Hall–Kier alpha value is -8.77. The molecule has 0 saturated carbocycles. The molecule has 0 unspecified atom stereocenters. The van der Waals surface area contributed by atoms with Gasteiger partial charge in [0.2, 0.25) is 0 Å². The van der Waals surface area contributed by atoms with Crippen molar-refractivity contribution in [2.45, 2.75) is 0 Å². The molecule has 0 fully saturated rings. The summed E-state index contributed by atoms with van der Waals surface area (Å²) in [6.07, 6.45) is 0. The molecule has 4 nitrogen and oxygen atoms in total. The molecule has 13 aromatic rings. The third kappa shape index (κ3) is 6.88. The summed E-state index contributed by atoms with van der Waals surface area (Å²) < 4.78 is 9.19. The molecule has 5 heteroatoms. The number of thiophene rings is 1. The Kier molecular flexibility index (Phi) is 9.66. The Balaban J connectivity index is 0.949. The summed E-state index contributed by atoms with van der Waals surface area (Å²) in [5, 5.41) is 4.44. The summed E-state index contributed by atoms with van der Waals surface area (Å²) in [5.74, 6) is 1.77. The molecule has 0 saturated heterocycles. The molecular formula is C63H39N3OS. The SMILES string of the molecule is c1ccc(-c2cccc(-c3ccccc3-c3ccc4c(c3)sc3c(-c5nc(-c6ccccc6)nc(-c6cccc7c6oc6cccc(-c8ccccc8-c8ccccc8)c67)n5)cccc34)c2)cc1. The largest absolute Gasteiger partial charge is 0.455 e. The van der Waals surface area contributed by atoms with Crippen LogP contribution in [0.5, 0.6) is 0 Å². The first-order valence-corrected chi connectivity index (χ1v) is 23.7. The molecular weight excluding hydrogens is 847 g/mol. The molecule has 0 amide bonds. The predicted octanol–water partition coefficient (Wildman–Crippen LogP) is 17.5. The highest BCUT2D eigenvalue weighted by Crippen LogP contribution is 2.45. The zero-order chi connectivity index (χ0) is 45.0. The molecule has 0 N–H and O–H groups in total. The van der Waals surface area contributed by atoms with Crippen molar-refractivity contribution < 1.29 is 4.42 Å². The lowest BCUT2D eigenvalue weighted by molar-refractivity contribution is 0.669. The van der Waals surface area contributed by atoms with Crippen LogP contribution in [0, 0.1) is 0 Å². The van der Waals surface area contributed by atoms with E-state index in [1.807, 2.05) is 18.2 Å². The van der Waals surface area contributed by atoms with E-state index in [0.29, 0.717) is 17.5 Å². The van der Waals surface area contributed by atoms with Crippen LogP contribution in [-0.2, 0) is 0 Å². The molecule has 0 atom stereocenters. The summed E-state index contributed by atoms with van der Waals surface area (Å²) >= 11 is 1.78. The molecule has 0 radical (unpaired) electrons. The van der Waals surface area contributed by atoms with Crippen molar-refractivity contribution in [1.29, 1.82) is 0 Å². The molecule has 0 aliphatic rings. The van der Waals surface area contributed by atoms with Crippen LogP contribution in [0.4, 0.5) is 0 Å². The van der Waals surface area contributed by atoms with Gasteiger partial charge in [-0.2, -0.15) is 0 Å². The van der Waals surface area contributed by atoms with Crippen LogP contribution in [0.2, 0.25) is 0 Å². The van der Waals surface area contributed by atoms with E-state index < -0.39 is 0 Å². The van der Waals surface area contributed by atoms with E-state index in [9.17, 15) is 0 Å². The average Bonchev–Trinajstić information content (AvgIpc) is 4.00. The van der Waals surface area contributed by atoms with Crippen molar-refractivity contribution in [3.05, 3.63) is 237 Å². The monoisotopic (exact) mass is 885 g/mol. The molecule has 3 heterocycles. The summed E-state index contributed by atoms with van der Waals surface area (Å²) in [6.45, 7) is 0. The van der Waals surface area contributed by atoms with Gasteiger partial charge in [0.1, 0.15) is 11.2 Å². The van der Waals surface area contributed by atoms with Gasteiger partial charge in [0.25, 0.3) is 0 Å². The predicted molar refractivity (Wildman–Crippen MR) is 283 cm³/mol. The second kappa shape index (κ2) is 16.6. The number of benzene rings is 10. The van der Waals surface area contributed by atoms with Crippen LogP contribution in [0.1, 0.15) is 0 Å². The number of nitrogens with zero attached hydrogens (tertiary/aromatic N) is 3. The maximum atomic E-state index is 6.86. The maximum Gasteiger partial charge on any atom is 0.167 e. The Morgan fingerprint density at radius 3 is 1.53 bits per heavy atom. The first-order valence-electron chi connectivity index (χ1n) is 22.8. The van der Waals surface area contributed by atoms with Crippen molar-refractivity contribution in [2.24, 2.45) is 0 Å². The lowest BCUT2D eigenvalue weighted by Gasteiger charge is -2.12. The van der Waals surface area contributed by atoms with Crippen LogP contribution in [0.25, 0.3) is 132 Å². The van der Waals surface area contributed by atoms with Crippen LogP contribution in [-0.4, -0.2) is 15.0 Å². The van der Waals surface area contributed by atoms with Gasteiger partial charge in [0.15, 0.2) is 17.5 Å². The van der Waals surface area contributed by atoms with Crippen LogP contribution >= 0.6 is 11.3 Å². The molecule has 0 spiro atoms. The summed E-state index contributed by atoms with van der Waals surface area (Å²) in [5.41, 5.74) is 16.0. The van der Waals surface area contributed by atoms with Crippen LogP contribution in [0.15, 0.2) is 241 Å². The van der Waals surface area contributed by atoms with Crippen molar-refractivity contribution in [1.82, 2.24) is 15.0 Å². The van der Waals surface area contributed by atoms with Crippen molar-refractivity contribution >= 4 is 53.4 Å². The van der Waals surface area contributed by atoms with Crippen LogP contribution < -0.4 is 0 Å². The van der Waals surface area contributed by atoms with Gasteiger partial charge in [-0.3, -0.25) is 0 Å². The van der Waals surface area contributed by atoms with E-state index in [4.69, 9.17) is 19.4 Å². The van der Waals surface area contributed by atoms with E-state index in [-0.39, 0.29) is 0 Å². The molecule has 10 aromatic carbocycles. The minimum atomic E-state index is 0.554. The molecule has 68 heavy (non-hydrogen) atoms. The Labute approximate surface area is 397 Å². The smallest absolute Gasteiger partial charge is 0.167 e. The van der Waals surface area contributed by atoms with Gasteiger partial charge < -0.3 is 4.42 Å². The number of aromatic nitrogens is 3. The molecule has 0 aliphatic carbocycles.